The molecule has 1 N–H and O–H groups in total. The molecule has 0 atom stereocenters. The Hall–Kier alpha value is -3.15. The highest BCUT2D eigenvalue weighted by atomic mass is 32.1. The van der Waals surface area contributed by atoms with Crippen molar-refractivity contribution in [1.82, 2.24) is 4.90 Å². The van der Waals surface area contributed by atoms with Crippen LogP contribution in [-0.2, 0) is 0 Å². The lowest BCUT2D eigenvalue weighted by atomic mass is 9.97. The van der Waals surface area contributed by atoms with Gasteiger partial charge in [-0.05, 0) is 75.8 Å². The molecule has 0 unspecified atom stereocenters. The summed E-state index contributed by atoms with van der Waals surface area (Å²) in [6, 6.07) is 21.2. The number of carbonyl (C=O) groups excluding carboxylic acids is 1. The van der Waals surface area contributed by atoms with E-state index in [1.165, 1.54) is 16.9 Å². The lowest BCUT2D eigenvalue weighted by Gasteiger charge is -2.20. The molecule has 0 bridgehead atoms. The van der Waals surface area contributed by atoms with E-state index in [1.54, 1.807) is 12.1 Å². The van der Waals surface area contributed by atoms with Gasteiger partial charge in [0.2, 0.25) is 0 Å². The van der Waals surface area contributed by atoms with E-state index in [-0.39, 0.29) is 11.5 Å². The van der Waals surface area contributed by atoms with E-state index in [4.69, 9.17) is 4.74 Å². The molecule has 0 spiro atoms. The summed E-state index contributed by atoms with van der Waals surface area (Å²) in [6.45, 7) is 7.79. The first-order chi connectivity index (χ1) is 15.8. The van der Waals surface area contributed by atoms with Crippen molar-refractivity contribution < 1.29 is 14.6 Å². The van der Waals surface area contributed by atoms with Crippen molar-refractivity contribution in [3.8, 4) is 21.9 Å². The van der Waals surface area contributed by atoms with Crippen LogP contribution in [0.5, 0.6) is 11.5 Å². The number of aromatic hydroxyl groups is 1. The fraction of sp³-hybridized carbons (Fsp3) is 0.250. The maximum atomic E-state index is 13.7. The van der Waals surface area contributed by atoms with Gasteiger partial charge in [0.25, 0.3) is 0 Å². The molecule has 0 aliphatic carbocycles. The predicted molar refractivity (Wildman–Crippen MR) is 137 cm³/mol. The Kier molecular flexibility index (Phi) is 6.82. The molecule has 5 heteroatoms. The number of fused-ring (bicyclic) bond motifs is 1. The van der Waals surface area contributed by atoms with Gasteiger partial charge in [0.15, 0.2) is 5.78 Å². The zero-order valence-corrected chi connectivity index (χ0v) is 20.3. The Labute approximate surface area is 199 Å². The molecule has 33 heavy (non-hydrogen) atoms. The minimum Gasteiger partial charge on any atom is -0.508 e. The molecule has 0 fully saturated rings. The third-order valence-corrected chi connectivity index (χ3v) is 7.13. The van der Waals surface area contributed by atoms with Gasteiger partial charge in [0.05, 0.1) is 0 Å². The fourth-order valence-electron chi connectivity index (χ4n) is 3.63. The van der Waals surface area contributed by atoms with Gasteiger partial charge in [0, 0.05) is 38.7 Å². The molecular weight excluding hydrogens is 430 g/mol. The summed E-state index contributed by atoms with van der Waals surface area (Å²) in [4.78, 5) is 16.8. The van der Waals surface area contributed by atoms with Crippen LogP contribution >= 0.6 is 11.3 Å². The van der Waals surface area contributed by atoms with Gasteiger partial charge in [-0.15, -0.1) is 11.3 Å². The van der Waals surface area contributed by atoms with Crippen molar-refractivity contribution in [2.24, 2.45) is 0 Å². The number of nitrogens with zero attached hydrogens (tertiary/aromatic N) is 1. The second-order valence-electron chi connectivity index (χ2n) is 8.63. The number of hydrogen-bond donors (Lipinski definition) is 1. The molecule has 0 saturated heterocycles. The van der Waals surface area contributed by atoms with E-state index in [2.05, 4.69) is 25.8 Å². The molecule has 170 valence electrons. The number of ketones is 1. The summed E-state index contributed by atoms with van der Waals surface area (Å²) in [5.74, 6) is 0.916. The zero-order valence-electron chi connectivity index (χ0n) is 19.5. The maximum Gasteiger partial charge on any atom is 0.195 e. The molecule has 0 saturated carbocycles. The van der Waals surface area contributed by atoms with Gasteiger partial charge in [0.1, 0.15) is 18.1 Å². The summed E-state index contributed by atoms with van der Waals surface area (Å²) in [5.41, 5.74) is 3.45. The highest BCUT2D eigenvalue weighted by Crippen LogP contribution is 2.41. The number of ether oxygens (including phenoxy) is 1. The van der Waals surface area contributed by atoms with Crippen molar-refractivity contribution in [1.29, 1.82) is 0 Å². The van der Waals surface area contributed by atoms with Crippen molar-refractivity contribution >= 4 is 27.2 Å². The number of carbonyl (C=O) groups is 1. The Bertz CT molecular complexity index is 1260. The quantitative estimate of drug-likeness (QED) is 0.304. The number of likely N-dealkylation sites (N-methyl/N-ethyl adjacent to an activating group) is 1. The molecule has 1 aromatic heterocycles. The van der Waals surface area contributed by atoms with E-state index in [0.29, 0.717) is 23.8 Å². The van der Waals surface area contributed by atoms with Crippen molar-refractivity contribution in [2.75, 3.05) is 20.2 Å². The van der Waals surface area contributed by atoms with Crippen molar-refractivity contribution in [2.45, 2.75) is 26.8 Å². The van der Waals surface area contributed by atoms with Crippen LogP contribution < -0.4 is 4.74 Å². The first-order valence-corrected chi connectivity index (χ1v) is 12.0. The average molecular weight is 460 g/mol. The Morgan fingerprint density at radius 2 is 1.73 bits per heavy atom. The number of phenols is 1. The van der Waals surface area contributed by atoms with Crippen molar-refractivity contribution in [3.63, 3.8) is 0 Å². The Morgan fingerprint density at radius 3 is 2.39 bits per heavy atom. The summed E-state index contributed by atoms with van der Waals surface area (Å²) in [7, 11) is 2.08. The molecule has 0 radical (unpaired) electrons. The molecule has 4 nitrogen and oxygen atoms in total. The largest absolute Gasteiger partial charge is 0.508 e. The Morgan fingerprint density at radius 1 is 1.03 bits per heavy atom. The van der Waals surface area contributed by atoms with Gasteiger partial charge >= 0.3 is 0 Å². The summed E-state index contributed by atoms with van der Waals surface area (Å²) < 4.78 is 6.75. The summed E-state index contributed by atoms with van der Waals surface area (Å²) in [5, 5.41) is 10.8. The van der Waals surface area contributed by atoms with E-state index in [1.807, 2.05) is 61.5 Å². The second kappa shape index (κ2) is 9.77. The first kappa shape index (κ1) is 23.0. The maximum absolute atomic E-state index is 13.7. The number of phenolic OH excluding ortho intramolecular Hbond substituents is 1. The number of benzene rings is 3. The van der Waals surface area contributed by atoms with Crippen LogP contribution in [-0.4, -0.2) is 42.0 Å². The highest BCUT2D eigenvalue weighted by molar-refractivity contribution is 7.22. The lowest BCUT2D eigenvalue weighted by molar-refractivity contribution is 0.104. The molecule has 4 aromatic rings. The van der Waals surface area contributed by atoms with Crippen LogP contribution in [0.2, 0.25) is 0 Å². The topological polar surface area (TPSA) is 49.8 Å². The molecule has 0 aliphatic heterocycles. The molecule has 0 aliphatic rings. The standard InChI is InChI=1S/C28H29NO3S/c1-18(2)29(4)15-16-32-23-12-9-20(10-13-23)27(31)26-24-14-11-22(30)17-25(24)33-28(26)21-7-5-19(3)6-8-21/h5-14,17-18,30H,15-16H2,1-4H3. The predicted octanol–water partition coefficient (Wildman–Crippen LogP) is 6.53. The van der Waals surface area contributed by atoms with Crippen molar-refractivity contribution in [3.05, 3.63) is 83.4 Å². The van der Waals surface area contributed by atoms with Crippen LogP contribution in [0.1, 0.15) is 35.3 Å². The van der Waals surface area contributed by atoms with E-state index in [0.717, 1.165) is 32.8 Å². The number of aryl methyl sites for hydroxylation is 1. The second-order valence-corrected chi connectivity index (χ2v) is 9.68. The molecule has 3 aromatic carbocycles. The van der Waals surface area contributed by atoms with Crippen LogP contribution in [0.15, 0.2) is 66.7 Å². The third-order valence-electron chi connectivity index (χ3n) is 5.93. The van der Waals surface area contributed by atoms with E-state index < -0.39 is 0 Å². The van der Waals surface area contributed by atoms with Gasteiger partial charge in [-0.1, -0.05) is 29.8 Å². The SMILES string of the molecule is Cc1ccc(-c2sc3cc(O)ccc3c2C(=O)c2ccc(OCCN(C)C(C)C)cc2)cc1. The third kappa shape index (κ3) is 5.10. The van der Waals surface area contributed by atoms with Gasteiger partial charge in [-0.3, -0.25) is 4.79 Å². The van der Waals surface area contributed by atoms with Gasteiger partial charge in [-0.25, -0.2) is 0 Å². The summed E-state index contributed by atoms with van der Waals surface area (Å²) >= 11 is 1.53. The van der Waals surface area contributed by atoms with Crippen LogP contribution in [0.25, 0.3) is 20.5 Å². The Balaban J connectivity index is 1.63. The first-order valence-electron chi connectivity index (χ1n) is 11.1. The number of thiophene rings is 1. The lowest BCUT2D eigenvalue weighted by Crippen LogP contribution is -2.30. The van der Waals surface area contributed by atoms with E-state index in [9.17, 15) is 9.90 Å². The highest BCUT2D eigenvalue weighted by Gasteiger charge is 2.22. The molecule has 0 amide bonds. The van der Waals surface area contributed by atoms with Crippen LogP contribution in [0, 0.1) is 6.92 Å². The molecule has 4 rings (SSSR count). The van der Waals surface area contributed by atoms with Gasteiger partial charge in [-0.2, -0.15) is 0 Å². The number of hydrogen-bond acceptors (Lipinski definition) is 5. The summed E-state index contributed by atoms with van der Waals surface area (Å²) in [6.07, 6.45) is 0. The molecule has 1 heterocycles. The zero-order chi connectivity index (χ0) is 23.5. The monoisotopic (exact) mass is 459 g/mol. The van der Waals surface area contributed by atoms with Gasteiger partial charge < -0.3 is 14.7 Å². The average Bonchev–Trinajstić information content (AvgIpc) is 3.17. The minimum atomic E-state index is -0.0337. The normalized spacial score (nSPS) is 11.5. The smallest absolute Gasteiger partial charge is 0.195 e. The van der Waals surface area contributed by atoms with Crippen LogP contribution in [0.4, 0.5) is 0 Å². The van der Waals surface area contributed by atoms with E-state index >= 15 is 0 Å². The number of rotatable bonds is 8. The van der Waals surface area contributed by atoms with Crippen LogP contribution in [0.3, 0.4) is 0 Å². The minimum absolute atomic E-state index is 0.0337. The molecular formula is C28H29NO3S. The fourth-order valence-corrected chi connectivity index (χ4v) is 4.87.